The van der Waals surface area contributed by atoms with Crippen LogP contribution < -0.4 is 10.6 Å². The number of imidazole rings is 1. The number of hydrogen-bond donors (Lipinski definition) is 2. The summed E-state index contributed by atoms with van der Waals surface area (Å²) in [7, 11) is 0. The molecule has 0 aliphatic heterocycles. The van der Waals surface area contributed by atoms with Crippen molar-refractivity contribution in [1.29, 1.82) is 0 Å². The SMILES string of the molecule is CCCC[C@H](NC(=O)O[C@H](Cn1cnc(-c2ccc(C)cc2)c1)C(C)(C)C)C(=O)C(=O)Nc1nccs1. The van der Waals surface area contributed by atoms with Gasteiger partial charge in [0.2, 0.25) is 5.78 Å². The highest BCUT2D eigenvalue weighted by Crippen LogP contribution is 2.25. The Bertz CT molecular complexity index is 1180. The van der Waals surface area contributed by atoms with E-state index in [-0.39, 0.29) is 0 Å². The molecule has 0 saturated heterocycles. The summed E-state index contributed by atoms with van der Waals surface area (Å²) in [6.07, 6.45) is 5.72. The van der Waals surface area contributed by atoms with Crippen molar-refractivity contribution in [2.75, 3.05) is 5.32 Å². The number of anilines is 1. The van der Waals surface area contributed by atoms with Crippen LogP contribution in [0.3, 0.4) is 0 Å². The number of hydrogen-bond acceptors (Lipinski definition) is 7. The highest BCUT2D eigenvalue weighted by molar-refractivity contribution is 7.13. The van der Waals surface area contributed by atoms with Crippen molar-refractivity contribution in [3.63, 3.8) is 0 Å². The smallest absolute Gasteiger partial charge is 0.408 e. The van der Waals surface area contributed by atoms with E-state index in [0.29, 0.717) is 24.5 Å². The summed E-state index contributed by atoms with van der Waals surface area (Å²) in [5, 5.41) is 7.13. The van der Waals surface area contributed by atoms with Gasteiger partial charge >= 0.3 is 6.09 Å². The fraction of sp³-hybridized carbons (Fsp3) is 0.444. The minimum Gasteiger partial charge on any atom is -0.444 e. The van der Waals surface area contributed by atoms with Gasteiger partial charge in [0.1, 0.15) is 12.1 Å². The van der Waals surface area contributed by atoms with E-state index in [1.165, 1.54) is 23.1 Å². The van der Waals surface area contributed by atoms with Gasteiger partial charge in [-0.25, -0.2) is 14.8 Å². The molecule has 3 rings (SSSR count). The molecule has 198 valence electrons. The number of aryl methyl sites for hydroxylation is 1. The number of carbonyl (C=O) groups excluding carboxylic acids is 3. The minimum atomic E-state index is -0.991. The number of Topliss-reactive ketones (excluding diaryl/α,β-unsaturated/α-hetero) is 1. The van der Waals surface area contributed by atoms with Crippen LogP contribution in [-0.2, 0) is 20.9 Å². The molecule has 3 aromatic rings. The van der Waals surface area contributed by atoms with Gasteiger partial charge in [-0.1, -0.05) is 70.4 Å². The van der Waals surface area contributed by atoms with Crippen molar-refractivity contribution in [3.8, 4) is 11.3 Å². The van der Waals surface area contributed by atoms with Crippen LogP contribution in [0.5, 0.6) is 0 Å². The first-order valence-corrected chi connectivity index (χ1v) is 13.3. The van der Waals surface area contributed by atoms with Gasteiger partial charge in [-0.15, -0.1) is 11.3 Å². The number of nitrogens with zero attached hydrogens (tertiary/aromatic N) is 3. The fourth-order valence-corrected chi connectivity index (χ4v) is 4.12. The van der Waals surface area contributed by atoms with E-state index in [0.717, 1.165) is 17.7 Å². The van der Waals surface area contributed by atoms with Gasteiger partial charge < -0.3 is 14.6 Å². The number of carbonyl (C=O) groups is 3. The molecule has 0 radical (unpaired) electrons. The third-order valence-electron chi connectivity index (χ3n) is 5.90. The molecule has 0 spiro atoms. The largest absolute Gasteiger partial charge is 0.444 e. The number of ether oxygens (including phenoxy) is 1. The summed E-state index contributed by atoms with van der Waals surface area (Å²) in [5.41, 5.74) is 2.61. The van der Waals surface area contributed by atoms with Gasteiger partial charge in [-0.2, -0.15) is 0 Å². The number of aromatic nitrogens is 3. The molecule has 9 nitrogen and oxygen atoms in total. The zero-order chi connectivity index (χ0) is 27.0. The Morgan fingerprint density at radius 2 is 1.86 bits per heavy atom. The average molecular weight is 526 g/mol. The number of amides is 2. The standard InChI is InChI=1S/C27H35N5O4S/c1-6-7-8-20(23(33)24(34)31-25-28-13-14-37-25)30-26(35)36-22(27(3,4)5)16-32-15-21(29-17-32)19-11-9-18(2)10-12-19/h9-15,17,20,22H,6-8,16H2,1-5H3,(H,30,35)(H,28,31,34)/t20-,22+/m0/s1. The normalized spacial score (nSPS) is 13.0. The maximum absolute atomic E-state index is 12.9. The van der Waals surface area contributed by atoms with Gasteiger partial charge in [0.15, 0.2) is 5.13 Å². The van der Waals surface area contributed by atoms with Crippen molar-refractivity contribution in [3.05, 3.63) is 53.9 Å². The predicted octanol–water partition coefficient (Wildman–Crippen LogP) is 5.22. The van der Waals surface area contributed by atoms with Crippen LogP contribution in [0.15, 0.2) is 48.4 Å². The lowest BCUT2D eigenvalue weighted by molar-refractivity contribution is -0.136. The van der Waals surface area contributed by atoms with E-state index in [2.05, 4.69) is 20.6 Å². The van der Waals surface area contributed by atoms with Crippen LogP contribution in [0, 0.1) is 12.3 Å². The maximum atomic E-state index is 12.9. The zero-order valence-corrected chi connectivity index (χ0v) is 22.8. The molecule has 2 N–H and O–H groups in total. The fourth-order valence-electron chi connectivity index (χ4n) is 3.60. The Morgan fingerprint density at radius 1 is 1.14 bits per heavy atom. The molecule has 37 heavy (non-hydrogen) atoms. The van der Waals surface area contributed by atoms with Crippen LogP contribution in [0.4, 0.5) is 9.93 Å². The van der Waals surface area contributed by atoms with Gasteiger partial charge in [-0.05, 0) is 13.3 Å². The second-order valence-electron chi connectivity index (χ2n) is 10.1. The molecule has 0 fully saturated rings. The Kier molecular flexibility index (Phi) is 9.57. The van der Waals surface area contributed by atoms with Crippen LogP contribution >= 0.6 is 11.3 Å². The number of ketones is 1. The number of nitrogens with one attached hydrogen (secondary N) is 2. The van der Waals surface area contributed by atoms with Crippen molar-refractivity contribution in [1.82, 2.24) is 19.9 Å². The van der Waals surface area contributed by atoms with E-state index in [9.17, 15) is 14.4 Å². The number of thiazole rings is 1. The first-order valence-electron chi connectivity index (χ1n) is 12.4. The number of unbranched alkanes of at least 4 members (excludes halogenated alkanes) is 1. The minimum absolute atomic E-state index is 0.327. The Hall–Kier alpha value is -3.53. The van der Waals surface area contributed by atoms with E-state index < -0.39 is 35.3 Å². The molecule has 0 bridgehead atoms. The van der Waals surface area contributed by atoms with Crippen LogP contribution in [-0.4, -0.2) is 44.5 Å². The Morgan fingerprint density at radius 3 is 2.49 bits per heavy atom. The van der Waals surface area contributed by atoms with Crippen LogP contribution in [0.2, 0.25) is 0 Å². The Balaban J connectivity index is 1.67. The van der Waals surface area contributed by atoms with Gasteiger partial charge in [0, 0.05) is 28.8 Å². The highest BCUT2D eigenvalue weighted by atomic mass is 32.1. The van der Waals surface area contributed by atoms with Crippen LogP contribution in [0.1, 0.15) is 52.5 Å². The number of benzene rings is 1. The van der Waals surface area contributed by atoms with Crippen molar-refractivity contribution in [2.45, 2.75) is 72.6 Å². The summed E-state index contributed by atoms with van der Waals surface area (Å²) in [6.45, 7) is 10.3. The van der Waals surface area contributed by atoms with Crippen molar-refractivity contribution >= 4 is 34.3 Å². The van der Waals surface area contributed by atoms with Gasteiger partial charge in [-0.3, -0.25) is 14.9 Å². The molecule has 2 heterocycles. The Labute approximate surface area is 221 Å². The van der Waals surface area contributed by atoms with E-state index in [4.69, 9.17) is 4.74 Å². The van der Waals surface area contributed by atoms with E-state index in [1.54, 1.807) is 11.7 Å². The first-order chi connectivity index (χ1) is 17.6. The maximum Gasteiger partial charge on any atom is 0.408 e. The lowest BCUT2D eigenvalue weighted by Gasteiger charge is -2.31. The second-order valence-corrected chi connectivity index (χ2v) is 11.0. The summed E-state index contributed by atoms with van der Waals surface area (Å²) < 4.78 is 7.69. The molecule has 0 aliphatic carbocycles. The summed E-state index contributed by atoms with van der Waals surface area (Å²) in [5.74, 6) is -1.55. The lowest BCUT2D eigenvalue weighted by Crippen LogP contribution is -2.48. The summed E-state index contributed by atoms with van der Waals surface area (Å²) >= 11 is 1.21. The lowest BCUT2D eigenvalue weighted by atomic mass is 9.89. The molecule has 2 aromatic heterocycles. The molecule has 0 saturated carbocycles. The monoisotopic (exact) mass is 525 g/mol. The third-order valence-corrected chi connectivity index (χ3v) is 6.59. The number of alkyl carbamates (subject to hydrolysis) is 1. The average Bonchev–Trinajstić information content (AvgIpc) is 3.53. The predicted molar refractivity (Wildman–Crippen MR) is 144 cm³/mol. The molecule has 2 atom stereocenters. The first kappa shape index (κ1) is 28.0. The molecule has 1 aromatic carbocycles. The second kappa shape index (κ2) is 12.6. The third kappa shape index (κ3) is 8.24. The topological polar surface area (TPSA) is 115 Å². The van der Waals surface area contributed by atoms with Crippen LogP contribution in [0.25, 0.3) is 11.3 Å². The van der Waals surface area contributed by atoms with Gasteiger partial charge in [0.25, 0.3) is 5.91 Å². The molecule has 2 amide bonds. The molecule has 10 heteroatoms. The quantitative estimate of drug-likeness (QED) is 0.332. The molecule has 0 unspecified atom stereocenters. The molecular weight excluding hydrogens is 490 g/mol. The molecule has 0 aliphatic rings. The summed E-state index contributed by atoms with van der Waals surface area (Å²) in [6, 6.07) is 7.12. The summed E-state index contributed by atoms with van der Waals surface area (Å²) in [4.78, 5) is 46.7. The molecular formula is C27H35N5O4S. The zero-order valence-electron chi connectivity index (χ0n) is 22.0. The van der Waals surface area contributed by atoms with E-state index in [1.807, 2.05) is 69.6 Å². The highest BCUT2D eigenvalue weighted by Gasteiger charge is 2.32. The van der Waals surface area contributed by atoms with Crippen molar-refractivity contribution < 1.29 is 19.1 Å². The number of rotatable bonds is 11. The van der Waals surface area contributed by atoms with E-state index >= 15 is 0 Å². The van der Waals surface area contributed by atoms with Gasteiger partial charge in [0.05, 0.1) is 18.6 Å². The van der Waals surface area contributed by atoms with Crippen molar-refractivity contribution in [2.24, 2.45) is 5.41 Å².